The van der Waals surface area contributed by atoms with Gasteiger partial charge in [-0.2, -0.15) is 16.4 Å². The maximum atomic E-state index is 4.44. The predicted octanol–water partition coefficient (Wildman–Crippen LogP) is 3.27. The van der Waals surface area contributed by atoms with Gasteiger partial charge in [0.2, 0.25) is 0 Å². The Hall–Kier alpha value is -1.29. The van der Waals surface area contributed by atoms with Gasteiger partial charge in [0.15, 0.2) is 0 Å². The molecule has 16 heavy (non-hydrogen) atoms. The minimum atomic E-state index is 0.295. The van der Waals surface area contributed by atoms with E-state index in [0.717, 1.165) is 5.69 Å². The number of nitrogens with one attached hydrogen (secondary N) is 1. The molecular weight excluding hydrogens is 218 g/mol. The van der Waals surface area contributed by atoms with Gasteiger partial charge in [0, 0.05) is 29.4 Å². The zero-order valence-electron chi connectivity index (χ0n) is 10.1. The molecule has 0 aromatic carbocycles. The van der Waals surface area contributed by atoms with E-state index in [1.54, 1.807) is 11.3 Å². The van der Waals surface area contributed by atoms with E-state index in [2.05, 4.69) is 48.0 Å². The molecule has 0 aliphatic carbocycles. The van der Waals surface area contributed by atoms with E-state index in [-0.39, 0.29) is 0 Å². The van der Waals surface area contributed by atoms with Gasteiger partial charge >= 0.3 is 0 Å². The zero-order chi connectivity index (χ0) is 11.7. The number of hydrogen-bond donors (Lipinski definition) is 1. The van der Waals surface area contributed by atoms with E-state index in [1.165, 1.54) is 16.9 Å². The number of aromatic nitrogens is 2. The average molecular weight is 235 g/mol. The van der Waals surface area contributed by atoms with Crippen LogP contribution in [0, 0.1) is 13.8 Å². The highest BCUT2D eigenvalue weighted by molar-refractivity contribution is 7.08. The molecule has 1 atom stereocenters. The molecule has 3 nitrogen and oxygen atoms in total. The van der Waals surface area contributed by atoms with Crippen LogP contribution in [-0.4, -0.2) is 9.78 Å². The first-order valence-electron chi connectivity index (χ1n) is 5.38. The summed E-state index contributed by atoms with van der Waals surface area (Å²) in [6, 6.07) is 2.39. The topological polar surface area (TPSA) is 29.9 Å². The van der Waals surface area contributed by atoms with Gasteiger partial charge in [-0.1, -0.05) is 0 Å². The van der Waals surface area contributed by atoms with Crippen molar-refractivity contribution in [1.82, 2.24) is 9.78 Å². The number of hydrogen-bond acceptors (Lipinski definition) is 3. The van der Waals surface area contributed by atoms with E-state index < -0.39 is 0 Å². The minimum Gasteiger partial charge on any atom is -0.378 e. The van der Waals surface area contributed by atoms with Crippen molar-refractivity contribution in [3.63, 3.8) is 0 Å². The third kappa shape index (κ3) is 1.97. The molecule has 0 bridgehead atoms. The molecule has 2 aromatic heterocycles. The highest BCUT2D eigenvalue weighted by Crippen LogP contribution is 2.25. The summed E-state index contributed by atoms with van der Waals surface area (Å²) < 4.78 is 1.94. The predicted molar refractivity (Wildman–Crippen MR) is 69.0 cm³/mol. The number of aryl methyl sites for hydroxylation is 2. The molecule has 0 aliphatic heterocycles. The molecule has 0 saturated carbocycles. The van der Waals surface area contributed by atoms with Crippen LogP contribution in [-0.2, 0) is 7.05 Å². The van der Waals surface area contributed by atoms with Crippen LogP contribution in [0.3, 0.4) is 0 Å². The summed E-state index contributed by atoms with van der Waals surface area (Å²) >= 11 is 1.71. The molecule has 0 saturated heterocycles. The van der Waals surface area contributed by atoms with Gasteiger partial charge < -0.3 is 5.32 Å². The fourth-order valence-corrected chi connectivity index (χ4v) is 2.68. The van der Waals surface area contributed by atoms with Crippen LogP contribution >= 0.6 is 11.3 Å². The molecular formula is C12H17N3S. The molecule has 0 radical (unpaired) electrons. The Morgan fingerprint density at radius 2 is 2.19 bits per heavy atom. The first-order valence-corrected chi connectivity index (χ1v) is 6.32. The summed E-state index contributed by atoms with van der Waals surface area (Å²) in [5, 5.41) is 12.1. The molecule has 1 N–H and O–H groups in total. The molecule has 0 amide bonds. The summed E-state index contributed by atoms with van der Waals surface area (Å²) in [6.45, 7) is 6.35. The van der Waals surface area contributed by atoms with E-state index in [1.807, 2.05) is 11.7 Å². The summed E-state index contributed by atoms with van der Waals surface area (Å²) in [5.74, 6) is 0. The summed E-state index contributed by atoms with van der Waals surface area (Å²) in [5.41, 5.74) is 4.82. The van der Waals surface area contributed by atoms with Gasteiger partial charge in [-0.25, -0.2) is 0 Å². The largest absolute Gasteiger partial charge is 0.378 e. The molecule has 2 heterocycles. The SMILES string of the molecule is Cc1nn(C)c(C)c1C(C)Nc1ccsc1. The van der Waals surface area contributed by atoms with E-state index in [4.69, 9.17) is 0 Å². The van der Waals surface area contributed by atoms with Crippen LogP contribution in [0.5, 0.6) is 0 Å². The molecule has 86 valence electrons. The zero-order valence-corrected chi connectivity index (χ0v) is 10.9. The second-order valence-corrected chi connectivity index (χ2v) is 4.87. The Labute approximate surface area is 100 Å². The van der Waals surface area contributed by atoms with Crippen LogP contribution in [0.1, 0.15) is 29.9 Å². The average Bonchev–Trinajstić information content (AvgIpc) is 2.77. The Kier molecular flexibility index (Phi) is 3.01. The molecule has 4 heteroatoms. The monoisotopic (exact) mass is 235 g/mol. The van der Waals surface area contributed by atoms with E-state index >= 15 is 0 Å². The van der Waals surface area contributed by atoms with Gasteiger partial charge in [0.05, 0.1) is 11.7 Å². The third-order valence-corrected chi connectivity index (χ3v) is 3.59. The van der Waals surface area contributed by atoms with Gasteiger partial charge in [0.25, 0.3) is 0 Å². The lowest BCUT2D eigenvalue weighted by Gasteiger charge is -2.14. The Bertz CT molecular complexity index is 471. The standard InChI is InChI=1S/C12H17N3S/c1-8(13-11-5-6-16-7-11)12-9(2)14-15(4)10(12)3/h5-8,13H,1-4H3. The van der Waals surface area contributed by atoms with Crippen LogP contribution < -0.4 is 5.32 Å². The van der Waals surface area contributed by atoms with Crippen molar-refractivity contribution >= 4 is 17.0 Å². The van der Waals surface area contributed by atoms with Gasteiger partial charge in [-0.3, -0.25) is 4.68 Å². The lowest BCUT2D eigenvalue weighted by molar-refractivity contribution is 0.728. The van der Waals surface area contributed by atoms with Crippen LogP contribution in [0.25, 0.3) is 0 Å². The Morgan fingerprint density at radius 1 is 1.44 bits per heavy atom. The highest BCUT2D eigenvalue weighted by Gasteiger charge is 2.15. The number of rotatable bonds is 3. The molecule has 1 unspecified atom stereocenters. The van der Waals surface area contributed by atoms with E-state index in [9.17, 15) is 0 Å². The Balaban J connectivity index is 2.24. The van der Waals surface area contributed by atoms with Gasteiger partial charge in [-0.15, -0.1) is 0 Å². The number of anilines is 1. The minimum absolute atomic E-state index is 0.295. The lowest BCUT2D eigenvalue weighted by Crippen LogP contribution is -2.08. The molecule has 2 aromatic rings. The maximum Gasteiger partial charge on any atom is 0.0649 e. The molecule has 0 spiro atoms. The fraction of sp³-hybridized carbons (Fsp3) is 0.417. The van der Waals surface area contributed by atoms with Crippen LogP contribution in [0.2, 0.25) is 0 Å². The normalized spacial score (nSPS) is 12.8. The van der Waals surface area contributed by atoms with Gasteiger partial charge in [0.1, 0.15) is 0 Å². The lowest BCUT2D eigenvalue weighted by atomic mass is 10.1. The fourth-order valence-electron chi connectivity index (χ4n) is 2.09. The van der Waals surface area contributed by atoms with Crippen LogP contribution in [0.4, 0.5) is 5.69 Å². The van der Waals surface area contributed by atoms with E-state index in [0.29, 0.717) is 6.04 Å². The molecule has 0 aliphatic rings. The van der Waals surface area contributed by atoms with Gasteiger partial charge in [-0.05, 0) is 32.2 Å². The summed E-state index contributed by atoms with van der Waals surface area (Å²) in [4.78, 5) is 0. The summed E-state index contributed by atoms with van der Waals surface area (Å²) in [7, 11) is 1.99. The number of thiophene rings is 1. The Morgan fingerprint density at radius 3 is 2.69 bits per heavy atom. The third-order valence-electron chi connectivity index (χ3n) is 2.90. The van der Waals surface area contributed by atoms with Crippen molar-refractivity contribution in [2.24, 2.45) is 7.05 Å². The summed E-state index contributed by atoms with van der Waals surface area (Å²) in [6.07, 6.45) is 0. The van der Waals surface area contributed by atoms with Crippen molar-refractivity contribution in [1.29, 1.82) is 0 Å². The second kappa shape index (κ2) is 4.29. The number of nitrogens with zero attached hydrogens (tertiary/aromatic N) is 2. The van der Waals surface area contributed by atoms with Crippen LogP contribution in [0.15, 0.2) is 16.8 Å². The molecule has 2 rings (SSSR count). The molecule has 0 fully saturated rings. The highest BCUT2D eigenvalue weighted by atomic mass is 32.1. The van der Waals surface area contributed by atoms with Crippen molar-refractivity contribution in [2.45, 2.75) is 26.8 Å². The smallest absolute Gasteiger partial charge is 0.0649 e. The maximum absolute atomic E-state index is 4.44. The first-order chi connectivity index (χ1) is 7.59. The van der Waals surface area contributed by atoms with Crippen molar-refractivity contribution in [3.05, 3.63) is 33.8 Å². The van der Waals surface area contributed by atoms with Crippen molar-refractivity contribution in [2.75, 3.05) is 5.32 Å². The quantitative estimate of drug-likeness (QED) is 0.885. The second-order valence-electron chi connectivity index (χ2n) is 4.09. The van der Waals surface area contributed by atoms with Crippen molar-refractivity contribution in [3.8, 4) is 0 Å². The van der Waals surface area contributed by atoms with Crippen molar-refractivity contribution < 1.29 is 0 Å². The first kappa shape index (κ1) is 11.2.